The Bertz CT molecular complexity index is 483. The van der Waals surface area contributed by atoms with Gasteiger partial charge in [-0.25, -0.2) is 0 Å². The molecule has 0 radical (unpaired) electrons. The van der Waals surface area contributed by atoms with Gasteiger partial charge in [0.05, 0.1) is 13.2 Å². The molecule has 0 bridgehead atoms. The van der Waals surface area contributed by atoms with Crippen molar-refractivity contribution in [2.45, 2.75) is 27.2 Å². The second-order valence-corrected chi connectivity index (χ2v) is 6.08. The summed E-state index contributed by atoms with van der Waals surface area (Å²) in [5.74, 6) is 1.81. The zero-order valence-corrected chi connectivity index (χ0v) is 13.1. The molecular weight excluding hydrogens is 308 g/mol. The molecule has 19 heavy (non-hydrogen) atoms. The molecule has 1 aliphatic rings. The van der Waals surface area contributed by atoms with Crippen LogP contribution in [0.2, 0.25) is 0 Å². The lowest BCUT2D eigenvalue weighted by Crippen LogP contribution is -2.17. The minimum Gasteiger partial charge on any atom is -0.490 e. The van der Waals surface area contributed by atoms with Crippen LogP contribution in [0.25, 0.3) is 0 Å². The molecule has 0 saturated heterocycles. The highest BCUT2D eigenvalue weighted by Crippen LogP contribution is 2.36. The standard InChI is InChI=1S/C15H19BrO3/c1-9(2)10(3)15(17)11-7-13-14(8-12(11)16)19-6-4-5-18-13/h7-10H,4-6H2,1-3H3. The molecule has 0 spiro atoms. The molecule has 1 unspecified atom stereocenters. The number of hydrogen-bond donors (Lipinski definition) is 0. The molecule has 104 valence electrons. The van der Waals surface area contributed by atoms with Crippen molar-refractivity contribution in [3.05, 3.63) is 22.2 Å². The third kappa shape index (κ3) is 3.11. The molecule has 4 heteroatoms. The predicted octanol–water partition coefficient (Wildman–Crippen LogP) is 4.09. The predicted molar refractivity (Wildman–Crippen MR) is 78.1 cm³/mol. The Morgan fingerprint density at radius 1 is 1.16 bits per heavy atom. The molecular formula is C15H19BrO3. The number of benzene rings is 1. The van der Waals surface area contributed by atoms with Crippen LogP contribution in [0, 0.1) is 11.8 Å². The summed E-state index contributed by atoms with van der Waals surface area (Å²) < 4.78 is 12.0. The van der Waals surface area contributed by atoms with Crippen molar-refractivity contribution < 1.29 is 14.3 Å². The van der Waals surface area contributed by atoms with Crippen LogP contribution in [0.1, 0.15) is 37.6 Å². The zero-order chi connectivity index (χ0) is 14.0. The van der Waals surface area contributed by atoms with E-state index in [1.807, 2.05) is 13.0 Å². The average molecular weight is 327 g/mol. The van der Waals surface area contributed by atoms with Crippen molar-refractivity contribution in [2.24, 2.45) is 11.8 Å². The topological polar surface area (TPSA) is 35.5 Å². The number of carbonyl (C=O) groups is 1. The van der Waals surface area contributed by atoms with Gasteiger partial charge in [-0.3, -0.25) is 4.79 Å². The van der Waals surface area contributed by atoms with Crippen molar-refractivity contribution in [3.63, 3.8) is 0 Å². The summed E-state index contributed by atoms with van der Waals surface area (Å²) in [6.07, 6.45) is 0.859. The summed E-state index contributed by atoms with van der Waals surface area (Å²) in [4.78, 5) is 12.5. The zero-order valence-electron chi connectivity index (χ0n) is 11.5. The van der Waals surface area contributed by atoms with Crippen LogP contribution in [0.15, 0.2) is 16.6 Å². The lowest BCUT2D eigenvalue weighted by molar-refractivity contribution is 0.0898. The van der Waals surface area contributed by atoms with Gasteiger partial charge in [-0.05, 0) is 34.0 Å². The summed E-state index contributed by atoms with van der Waals surface area (Å²) in [6, 6.07) is 3.63. The van der Waals surface area contributed by atoms with E-state index in [-0.39, 0.29) is 11.7 Å². The van der Waals surface area contributed by atoms with Crippen LogP contribution in [0.3, 0.4) is 0 Å². The number of hydrogen-bond acceptors (Lipinski definition) is 3. The van der Waals surface area contributed by atoms with Gasteiger partial charge >= 0.3 is 0 Å². The van der Waals surface area contributed by atoms with Crippen LogP contribution in [0.5, 0.6) is 11.5 Å². The number of Topliss-reactive ketones (excluding diaryl/α,β-unsaturated/α-hetero) is 1. The molecule has 3 nitrogen and oxygen atoms in total. The highest BCUT2D eigenvalue weighted by Gasteiger charge is 2.23. The largest absolute Gasteiger partial charge is 0.490 e. The van der Waals surface area contributed by atoms with Crippen LogP contribution >= 0.6 is 15.9 Å². The number of carbonyl (C=O) groups excluding carboxylic acids is 1. The van der Waals surface area contributed by atoms with Gasteiger partial charge in [0.15, 0.2) is 17.3 Å². The molecule has 0 amide bonds. The van der Waals surface area contributed by atoms with Crippen molar-refractivity contribution >= 4 is 21.7 Å². The Hall–Kier alpha value is -1.03. The van der Waals surface area contributed by atoms with E-state index in [1.165, 1.54) is 0 Å². The minimum absolute atomic E-state index is 0.0129. The van der Waals surface area contributed by atoms with Crippen molar-refractivity contribution in [1.82, 2.24) is 0 Å². The van der Waals surface area contributed by atoms with Gasteiger partial charge in [0.25, 0.3) is 0 Å². The van der Waals surface area contributed by atoms with Gasteiger partial charge in [-0.15, -0.1) is 0 Å². The van der Waals surface area contributed by atoms with Crippen LogP contribution in [-0.2, 0) is 0 Å². The van der Waals surface area contributed by atoms with E-state index >= 15 is 0 Å². The molecule has 2 rings (SSSR count). The number of halogens is 1. The maximum atomic E-state index is 12.5. The molecule has 1 aromatic rings. The fourth-order valence-electron chi connectivity index (χ4n) is 1.92. The maximum absolute atomic E-state index is 12.5. The Morgan fingerprint density at radius 3 is 2.32 bits per heavy atom. The average Bonchev–Trinajstić information content (AvgIpc) is 2.60. The van der Waals surface area contributed by atoms with Gasteiger partial charge in [-0.1, -0.05) is 20.8 Å². The third-order valence-electron chi connectivity index (χ3n) is 3.52. The van der Waals surface area contributed by atoms with E-state index < -0.39 is 0 Å². The number of ether oxygens (including phenoxy) is 2. The molecule has 0 aliphatic carbocycles. The van der Waals surface area contributed by atoms with Crippen molar-refractivity contribution in [1.29, 1.82) is 0 Å². The Kier molecular flexibility index (Phi) is 4.50. The molecule has 0 saturated carbocycles. The summed E-state index contributed by atoms with van der Waals surface area (Å²) in [5.41, 5.74) is 0.672. The van der Waals surface area contributed by atoms with Crippen LogP contribution < -0.4 is 9.47 Å². The molecule has 1 atom stereocenters. The maximum Gasteiger partial charge on any atom is 0.167 e. The molecule has 1 aliphatic heterocycles. The third-order valence-corrected chi connectivity index (χ3v) is 4.17. The number of fused-ring (bicyclic) bond motifs is 1. The molecule has 0 aromatic heterocycles. The second-order valence-electron chi connectivity index (χ2n) is 5.23. The summed E-state index contributed by atoms with van der Waals surface area (Å²) in [6.45, 7) is 7.35. The Morgan fingerprint density at radius 2 is 1.74 bits per heavy atom. The van der Waals surface area contributed by atoms with Gasteiger partial charge in [0.1, 0.15) is 0 Å². The first-order valence-electron chi connectivity index (χ1n) is 6.64. The monoisotopic (exact) mass is 326 g/mol. The Balaban J connectivity index is 2.36. The second kappa shape index (κ2) is 5.95. The van der Waals surface area contributed by atoms with E-state index in [1.54, 1.807) is 6.07 Å². The lowest BCUT2D eigenvalue weighted by Gasteiger charge is -2.17. The first-order valence-corrected chi connectivity index (χ1v) is 7.43. The van der Waals surface area contributed by atoms with Crippen LogP contribution in [0.4, 0.5) is 0 Å². The van der Waals surface area contributed by atoms with Gasteiger partial charge < -0.3 is 9.47 Å². The highest BCUT2D eigenvalue weighted by molar-refractivity contribution is 9.10. The Labute approximate surface area is 122 Å². The fourth-order valence-corrected chi connectivity index (χ4v) is 2.44. The van der Waals surface area contributed by atoms with Crippen LogP contribution in [-0.4, -0.2) is 19.0 Å². The summed E-state index contributed by atoms with van der Waals surface area (Å²) in [7, 11) is 0. The fraction of sp³-hybridized carbons (Fsp3) is 0.533. The molecule has 0 N–H and O–H groups in total. The molecule has 0 fully saturated rings. The normalized spacial score (nSPS) is 16.1. The van der Waals surface area contributed by atoms with Crippen molar-refractivity contribution in [3.8, 4) is 11.5 Å². The number of ketones is 1. The minimum atomic E-state index is -0.0129. The molecule has 1 heterocycles. The quantitative estimate of drug-likeness (QED) is 0.785. The van der Waals surface area contributed by atoms with Crippen molar-refractivity contribution in [2.75, 3.05) is 13.2 Å². The van der Waals surface area contributed by atoms with Gasteiger partial charge in [0.2, 0.25) is 0 Å². The van der Waals surface area contributed by atoms with E-state index in [4.69, 9.17) is 9.47 Å². The van der Waals surface area contributed by atoms with E-state index in [9.17, 15) is 4.79 Å². The van der Waals surface area contributed by atoms with Gasteiger partial charge in [0, 0.05) is 22.4 Å². The smallest absolute Gasteiger partial charge is 0.167 e. The number of rotatable bonds is 3. The molecule has 1 aromatic carbocycles. The first kappa shape index (κ1) is 14.4. The SMILES string of the molecule is CC(C)C(C)C(=O)c1cc2c(cc1Br)OCCCO2. The summed E-state index contributed by atoms with van der Waals surface area (Å²) >= 11 is 3.46. The first-order chi connectivity index (χ1) is 9.00. The van der Waals surface area contributed by atoms with E-state index in [0.717, 1.165) is 10.9 Å². The lowest BCUT2D eigenvalue weighted by atomic mass is 9.89. The van der Waals surface area contributed by atoms with E-state index in [2.05, 4.69) is 29.8 Å². The van der Waals surface area contributed by atoms with E-state index in [0.29, 0.717) is 36.2 Å². The highest BCUT2D eigenvalue weighted by atomic mass is 79.9. The summed E-state index contributed by atoms with van der Waals surface area (Å²) in [5, 5.41) is 0. The van der Waals surface area contributed by atoms with Gasteiger partial charge in [-0.2, -0.15) is 0 Å².